The minimum absolute atomic E-state index is 0.0297. The van der Waals surface area contributed by atoms with Crippen molar-refractivity contribution < 1.29 is 9.72 Å². The topological polar surface area (TPSA) is 84.3 Å². The fourth-order valence-corrected chi connectivity index (χ4v) is 1.63. The molecule has 0 unspecified atom stereocenters. The second kappa shape index (κ2) is 6.70. The van der Waals surface area contributed by atoms with Gasteiger partial charge >= 0.3 is 0 Å². The molecule has 1 amide bonds. The van der Waals surface area contributed by atoms with Crippen molar-refractivity contribution in [2.24, 2.45) is 0 Å². The lowest BCUT2D eigenvalue weighted by Gasteiger charge is -2.07. The van der Waals surface area contributed by atoms with E-state index in [0.29, 0.717) is 17.7 Å². The number of nitrogens with one attached hydrogen (secondary N) is 2. The van der Waals surface area contributed by atoms with Crippen LogP contribution < -0.4 is 10.6 Å². The van der Waals surface area contributed by atoms with Crippen LogP contribution in [-0.4, -0.2) is 31.0 Å². The Bertz CT molecular complexity index is 446. The summed E-state index contributed by atoms with van der Waals surface area (Å²) in [5, 5.41) is 16.5. The van der Waals surface area contributed by atoms with Gasteiger partial charge in [-0.3, -0.25) is 14.9 Å². The van der Waals surface area contributed by atoms with Crippen molar-refractivity contribution in [2.45, 2.75) is 13.3 Å². The Morgan fingerprint density at radius 3 is 2.72 bits per heavy atom. The Morgan fingerprint density at radius 1 is 1.39 bits per heavy atom. The van der Waals surface area contributed by atoms with Gasteiger partial charge in [-0.25, -0.2) is 0 Å². The van der Waals surface area contributed by atoms with Crippen LogP contribution in [0.3, 0.4) is 0 Å². The van der Waals surface area contributed by atoms with Gasteiger partial charge in [0.2, 0.25) is 0 Å². The molecule has 0 saturated carbocycles. The number of nitrogens with zero attached hydrogens (tertiary/aromatic N) is 1. The largest absolute Gasteiger partial charge is 0.352 e. The smallest absolute Gasteiger partial charge is 0.273 e. The van der Waals surface area contributed by atoms with Crippen molar-refractivity contribution in [3.05, 3.63) is 39.4 Å². The Balaban J connectivity index is 2.74. The third-order valence-electron chi connectivity index (χ3n) is 2.64. The van der Waals surface area contributed by atoms with Crippen molar-refractivity contribution in [1.82, 2.24) is 10.6 Å². The van der Waals surface area contributed by atoms with Gasteiger partial charge in [-0.15, -0.1) is 0 Å². The molecule has 0 radical (unpaired) electrons. The van der Waals surface area contributed by atoms with Gasteiger partial charge in [-0.1, -0.05) is 6.07 Å². The fourth-order valence-electron chi connectivity index (χ4n) is 1.63. The van der Waals surface area contributed by atoms with E-state index in [0.717, 1.165) is 13.0 Å². The molecule has 0 atom stereocenters. The van der Waals surface area contributed by atoms with Crippen LogP contribution in [0.2, 0.25) is 0 Å². The van der Waals surface area contributed by atoms with Crippen molar-refractivity contribution in [1.29, 1.82) is 0 Å². The number of hydrogen-bond acceptors (Lipinski definition) is 4. The first-order valence-electron chi connectivity index (χ1n) is 5.74. The van der Waals surface area contributed by atoms with Crippen molar-refractivity contribution >= 4 is 11.6 Å². The molecule has 2 N–H and O–H groups in total. The van der Waals surface area contributed by atoms with E-state index >= 15 is 0 Å². The molecule has 0 fully saturated rings. The molecule has 6 heteroatoms. The summed E-state index contributed by atoms with van der Waals surface area (Å²) in [6.07, 6.45) is 0.816. The molecule has 0 bridgehead atoms. The lowest BCUT2D eigenvalue weighted by atomic mass is 10.1. The molecule has 18 heavy (non-hydrogen) atoms. The van der Waals surface area contributed by atoms with Gasteiger partial charge in [0.15, 0.2) is 0 Å². The van der Waals surface area contributed by atoms with E-state index in [1.165, 1.54) is 12.1 Å². The molecule has 1 rings (SSSR count). The number of rotatable bonds is 6. The standard InChI is InChI=1S/C12H17N3O3/c1-9-10(5-3-6-11(9)15(17)18)12(16)14-8-4-7-13-2/h3,5-6,13H,4,7-8H2,1-2H3,(H,14,16). The lowest BCUT2D eigenvalue weighted by molar-refractivity contribution is -0.385. The molecule has 0 spiro atoms. The average Bonchev–Trinajstić information content (AvgIpc) is 2.34. The molecular formula is C12H17N3O3. The first-order valence-corrected chi connectivity index (χ1v) is 5.74. The van der Waals surface area contributed by atoms with Gasteiger partial charge in [0, 0.05) is 23.7 Å². The predicted molar refractivity (Wildman–Crippen MR) is 68.7 cm³/mol. The minimum atomic E-state index is -0.479. The van der Waals surface area contributed by atoms with Crippen LogP contribution in [0.4, 0.5) is 5.69 Å². The molecule has 6 nitrogen and oxygen atoms in total. The number of benzene rings is 1. The first-order chi connectivity index (χ1) is 8.57. The van der Waals surface area contributed by atoms with E-state index in [2.05, 4.69) is 10.6 Å². The van der Waals surface area contributed by atoms with Crippen LogP contribution in [0.25, 0.3) is 0 Å². The predicted octanol–water partition coefficient (Wildman–Crippen LogP) is 1.24. The van der Waals surface area contributed by atoms with Crippen LogP contribution in [0, 0.1) is 17.0 Å². The highest BCUT2D eigenvalue weighted by molar-refractivity contribution is 5.96. The molecular weight excluding hydrogens is 234 g/mol. The van der Waals surface area contributed by atoms with E-state index in [1.54, 1.807) is 13.0 Å². The van der Waals surface area contributed by atoms with E-state index in [1.807, 2.05) is 7.05 Å². The Kier molecular flexibility index (Phi) is 5.26. The monoisotopic (exact) mass is 251 g/mol. The Hall–Kier alpha value is -1.95. The van der Waals surface area contributed by atoms with E-state index < -0.39 is 4.92 Å². The molecule has 98 valence electrons. The summed E-state index contributed by atoms with van der Waals surface area (Å²) in [6, 6.07) is 4.51. The number of amides is 1. The van der Waals surface area contributed by atoms with Gasteiger partial charge in [0.1, 0.15) is 0 Å². The SMILES string of the molecule is CNCCCNC(=O)c1cccc([N+](=O)[O-])c1C. The quantitative estimate of drug-likeness (QED) is 0.452. The van der Waals surface area contributed by atoms with E-state index in [9.17, 15) is 14.9 Å². The first kappa shape index (κ1) is 14.1. The zero-order valence-corrected chi connectivity index (χ0v) is 10.5. The number of nitro benzene ring substituents is 1. The molecule has 0 aliphatic rings. The van der Waals surface area contributed by atoms with Gasteiger partial charge < -0.3 is 10.6 Å². The van der Waals surface area contributed by atoms with Gasteiger partial charge in [0.05, 0.1) is 4.92 Å². The summed E-state index contributed by atoms with van der Waals surface area (Å²) in [7, 11) is 1.84. The highest BCUT2D eigenvalue weighted by Crippen LogP contribution is 2.20. The van der Waals surface area contributed by atoms with Gasteiger partial charge in [-0.05, 0) is 33.0 Å². The van der Waals surface area contributed by atoms with E-state index in [4.69, 9.17) is 0 Å². The Labute approximate surface area is 106 Å². The number of hydrogen-bond donors (Lipinski definition) is 2. The highest BCUT2D eigenvalue weighted by Gasteiger charge is 2.17. The highest BCUT2D eigenvalue weighted by atomic mass is 16.6. The van der Waals surface area contributed by atoms with Crippen LogP contribution in [0.1, 0.15) is 22.3 Å². The summed E-state index contributed by atoms with van der Waals surface area (Å²) < 4.78 is 0. The number of carbonyl (C=O) groups is 1. The summed E-state index contributed by atoms with van der Waals surface area (Å²) in [4.78, 5) is 22.1. The third kappa shape index (κ3) is 3.53. The van der Waals surface area contributed by atoms with Crippen LogP contribution in [0.15, 0.2) is 18.2 Å². The third-order valence-corrected chi connectivity index (χ3v) is 2.64. The van der Waals surface area contributed by atoms with E-state index in [-0.39, 0.29) is 11.6 Å². The molecule has 1 aromatic carbocycles. The maximum absolute atomic E-state index is 11.8. The van der Waals surface area contributed by atoms with Crippen molar-refractivity contribution in [2.75, 3.05) is 20.1 Å². The molecule has 0 saturated heterocycles. The molecule has 0 heterocycles. The van der Waals surface area contributed by atoms with Crippen LogP contribution in [-0.2, 0) is 0 Å². The summed E-state index contributed by atoms with van der Waals surface area (Å²) in [5.41, 5.74) is 0.722. The zero-order chi connectivity index (χ0) is 13.5. The fraction of sp³-hybridized carbons (Fsp3) is 0.417. The normalized spacial score (nSPS) is 10.1. The maximum atomic E-state index is 11.8. The maximum Gasteiger partial charge on any atom is 0.273 e. The zero-order valence-electron chi connectivity index (χ0n) is 10.5. The van der Waals surface area contributed by atoms with Crippen molar-refractivity contribution in [3.8, 4) is 0 Å². The van der Waals surface area contributed by atoms with Gasteiger partial charge in [0.25, 0.3) is 11.6 Å². The van der Waals surface area contributed by atoms with Crippen LogP contribution >= 0.6 is 0 Å². The number of nitro groups is 1. The second-order valence-corrected chi connectivity index (χ2v) is 3.92. The summed E-state index contributed by atoms with van der Waals surface area (Å²) in [6.45, 7) is 2.94. The molecule has 1 aromatic rings. The summed E-state index contributed by atoms with van der Waals surface area (Å²) in [5.74, 6) is -0.271. The minimum Gasteiger partial charge on any atom is -0.352 e. The molecule has 0 aromatic heterocycles. The lowest BCUT2D eigenvalue weighted by Crippen LogP contribution is -2.27. The Morgan fingerprint density at radius 2 is 2.11 bits per heavy atom. The summed E-state index contributed by atoms with van der Waals surface area (Å²) >= 11 is 0. The average molecular weight is 251 g/mol. The number of carbonyl (C=O) groups excluding carboxylic acids is 1. The molecule has 0 aliphatic carbocycles. The second-order valence-electron chi connectivity index (χ2n) is 3.92. The molecule has 0 aliphatic heterocycles. The van der Waals surface area contributed by atoms with Crippen molar-refractivity contribution in [3.63, 3.8) is 0 Å². The van der Waals surface area contributed by atoms with Gasteiger partial charge in [-0.2, -0.15) is 0 Å². The van der Waals surface area contributed by atoms with Crippen LogP contribution in [0.5, 0.6) is 0 Å².